The Kier molecular flexibility index (Phi) is 5.18. The molecular weight excluding hydrogens is 316 g/mol. The van der Waals surface area contributed by atoms with E-state index in [0.29, 0.717) is 11.3 Å². The van der Waals surface area contributed by atoms with Crippen molar-refractivity contribution < 1.29 is 22.1 Å². The molecule has 5 nitrogen and oxygen atoms in total. The third-order valence-corrected chi connectivity index (χ3v) is 4.72. The van der Waals surface area contributed by atoms with Crippen molar-refractivity contribution in [3.8, 4) is 5.75 Å². The van der Waals surface area contributed by atoms with Crippen LogP contribution >= 0.6 is 0 Å². The minimum atomic E-state index is -3.99. The van der Waals surface area contributed by atoms with E-state index in [1.807, 2.05) is 6.92 Å². The standard InChI is InChI=1S/C17H18O5S/c1-12-4-10-16(11-5-12)23(19,20)22-13(2)17(18)14-6-8-15(21-3)9-7-14/h4-11,13H,1-3H3. The number of benzene rings is 2. The molecule has 0 aromatic heterocycles. The average Bonchev–Trinajstić information content (AvgIpc) is 2.54. The van der Waals surface area contributed by atoms with Gasteiger partial charge in [-0.25, -0.2) is 0 Å². The maximum absolute atomic E-state index is 12.3. The zero-order valence-electron chi connectivity index (χ0n) is 13.1. The fourth-order valence-corrected chi connectivity index (χ4v) is 3.03. The van der Waals surface area contributed by atoms with Crippen LogP contribution in [0.25, 0.3) is 0 Å². The molecule has 23 heavy (non-hydrogen) atoms. The van der Waals surface area contributed by atoms with Gasteiger partial charge in [0.2, 0.25) is 0 Å². The molecule has 0 aliphatic rings. The van der Waals surface area contributed by atoms with Gasteiger partial charge < -0.3 is 4.74 Å². The molecule has 0 saturated heterocycles. The highest BCUT2D eigenvalue weighted by Gasteiger charge is 2.24. The Labute approximate surface area is 136 Å². The number of ether oxygens (including phenoxy) is 1. The number of carbonyl (C=O) groups is 1. The minimum Gasteiger partial charge on any atom is -0.497 e. The number of hydrogen-bond acceptors (Lipinski definition) is 5. The van der Waals surface area contributed by atoms with E-state index < -0.39 is 22.0 Å². The van der Waals surface area contributed by atoms with E-state index in [0.717, 1.165) is 5.56 Å². The first kappa shape index (κ1) is 17.2. The second-order valence-electron chi connectivity index (χ2n) is 5.10. The summed E-state index contributed by atoms with van der Waals surface area (Å²) in [6, 6.07) is 12.7. The van der Waals surface area contributed by atoms with Crippen LogP contribution in [0.2, 0.25) is 0 Å². The van der Waals surface area contributed by atoms with Crippen molar-refractivity contribution in [2.75, 3.05) is 7.11 Å². The average molecular weight is 334 g/mol. The summed E-state index contributed by atoms with van der Waals surface area (Å²) in [7, 11) is -2.46. The summed E-state index contributed by atoms with van der Waals surface area (Å²) in [5.41, 5.74) is 1.30. The predicted octanol–water partition coefficient (Wildman–Crippen LogP) is 2.98. The molecule has 122 valence electrons. The second kappa shape index (κ2) is 6.93. The van der Waals surface area contributed by atoms with E-state index in [1.54, 1.807) is 36.4 Å². The van der Waals surface area contributed by atoms with Gasteiger partial charge in [-0.15, -0.1) is 0 Å². The van der Waals surface area contributed by atoms with E-state index in [2.05, 4.69) is 0 Å². The van der Waals surface area contributed by atoms with Crippen molar-refractivity contribution in [1.29, 1.82) is 0 Å². The van der Waals surface area contributed by atoms with Crippen LogP contribution in [0.3, 0.4) is 0 Å². The molecule has 0 bridgehead atoms. The molecule has 0 aliphatic heterocycles. The van der Waals surface area contributed by atoms with Crippen LogP contribution in [-0.4, -0.2) is 27.4 Å². The van der Waals surface area contributed by atoms with Crippen LogP contribution in [0, 0.1) is 6.92 Å². The maximum atomic E-state index is 12.3. The molecular formula is C17H18O5S. The van der Waals surface area contributed by atoms with Gasteiger partial charge in [-0.3, -0.25) is 8.98 Å². The Morgan fingerprint density at radius 1 is 1.00 bits per heavy atom. The van der Waals surface area contributed by atoms with Crippen molar-refractivity contribution in [2.45, 2.75) is 24.8 Å². The molecule has 1 unspecified atom stereocenters. The number of carbonyl (C=O) groups excluding carboxylic acids is 1. The Morgan fingerprint density at radius 2 is 1.57 bits per heavy atom. The summed E-state index contributed by atoms with van der Waals surface area (Å²) < 4.78 is 34.4. The van der Waals surface area contributed by atoms with Crippen LogP contribution in [0.5, 0.6) is 5.75 Å². The topological polar surface area (TPSA) is 69.7 Å². The van der Waals surface area contributed by atoms with E-state index >= 15 is 0 Å². The third kappa shape index (κ3) is 4.18. The van der Waals surface area contributed by atoms with E-state index in [4.69, 9.17) is 8.92 Å². The molecule has 0 spiro atoms. The molecule has 1 atom stereocenters. The quantitative estimate of drug-likeness (QED) is 0.600. The molecule has 2 aromatic rings. The highest BCUT2D eigenvalue weighted by Crippen LogP contribution is 2.18. The first-order valence-electron chi connectivity index (χ1n) is 7.02. The molecule has 0 N–H and O–H groups in total. The third-order valence-electron chi connectivity index (χ3n) is 3.32. The van der Waals surface area contributed by atoms with Crippen LogP contribution in [0.1, 0.15) is 22.8 Å². The lowest BCUT2D eigenvalue weighted by Crippen LogP contribution is -2.24. The van der Waals surface area contributed by atoms with Crippen LogP contribution in [0.15, 0.2) is 53.4 Å². The number of methoxy groups -OCH3 is 1. The summed E-state index contributed by atoms with van der Waals surface area (Å²) in [5.74, 6) is 0.200. The smallest absolute Gasteiger partial charge is 0.297 e. The number of Topliss-reactive ketones (excluding diaryl/α,β-unsaturated/α-hetero) is 1. The number of aryl methyl sites for hydroxylation is 1. The lowest BCUT2D eigenvalue weighted by molar-refractivity contribution is 0.0825. The highest BCUT2D eigenvalue weighted by molar-refractivity contribution is 7.86. The van der Waals surface area contributed by atoms with Gasteiger partial charge in [-0.1, -0.05) is 17.7 Å². The molecule has 0 fully saturated rings. The summed E-state index contributed by atoms with van der Waals surface area (Å²) >= 11 is 0. The van der Waals surface area contributed by atoms with Gasteiger partial charge in [0.15, 0.2) is 5.78 Å². The monoisotopic (exact) mass is 334 g/mol. The summed E-state index contributed by atoms with van der Waals surface area (Å²) in [6.45, 7) is 3.27. The van der Waals surface area contributed by atoms with E-state index in [-0.39, 0.29) is 4.90 Å². The van der Waals surface area contributed by atoms with Gasteiger partial charge in [0.05, 0.1) is 12.0 Å². The Morgan fingerprint density at radius 3 is 2.09 bits per heavy atom. The van der Waals surface area contributed by atoms with E-state index in [9.17, 15) is 13.2 Å². The van der Waals surface area contributed by atoms with Gasteiger partial charge in [-0.2, -0.15) is 8.42 Å². The van der Waals surface area contributed by atoms with Crippen molar-refractivity contribution in [1.82, 2.24) is 0 Å². The summed E-state index contributed by atoms with van der Waals surface area (Å²) in [5, 5.41) is 0. The second-order valence-corrected chi connectivity index (χ2v) is 6.67. The largest absolute Gasteiger partial charge is 0.497 e. The predicted molar refractivity (Wildman–Crippen MR) is 86.2 cm³/mol. The van der Waals surface area contributed by atoms with Gasteiger partial charge in [-0.05, 0) is 50.2 Å². The van der Waals surface area contributed by atoms with Crippen molar-refractivity contribution in [3.63, 3.8) is 0 Å². The zero-order valence-corrected chi connectivity index (χ0v) is 14.0. The first-order chi connectivity index (χ1) is 10.8. The first-order valence-corrected chi connectivity index (χ1v) is 8.42. The van der Waals surface area contributed by atoms with Gasteiger partial charge >= 0.3 is 0 Å². The van der Waals surface area contributed by atoms with Crippen molar-refractivity contribution >= 4 is 15.9 Å². The fourth-order valence-electron chi connectivity index (χ4n) is 1.98. The number of rotatable bonds is 6. The molecule has 0 radical (unpaired) electrons. The zero-order chi connectivity index (χ0) is 17.0. The molecule has 0 saturated carbocycles. The van der Waals surface area contributed by atoms with Gasteiger partial charge in [0.1, 0.15) is 11.9 Å². The lowest BCUT2D eigenvalue weighted by Gasteiger charge is -2.12. The SMILES string of the molecule is COc1ccc(C(=O)C(C)OS(=O)(=O)c2ccc(C)cc2)cc1. The van der Waals surface area contributed by atoms with Gasteiger partial charge in [0, 0.05) is 5.56 Å². The molecule has 0 aliphatic carbocycles. The summed E-state index contributed by atoms with van der Waals surface area (Å²) in [6.07, 6.45) is -1.12. The molecule has 2 rings (SSSR count). The Bertz CT molecular complexity index is 777. The maximum Gasteiger partial charge on any atom is 0.297 e. The van der Waals surface area contributed by atoms with Crippen LogP contribution < -0.4 is 4.74 Å². The van der Waals surface area contributed by atoms with Crippen LogP contribution in [0.4, 0.5) is 0 Å². The van der Waals surface area contributed by atoms with Crippen molar-refractivity contribution in [2.24, 2.45) is 0 Å². The normalized spacial score (nSPS) is 12.7. The Balaban J connectivity index is 2.14. The Hall–Kier alpha value is -2.18. The number of ketones is 1. The highest BCUT2D eigenvalue weighted by atomic mass is 32.2. The molecule has 2 aromatic carbocycles. The summed E-state index contributed by atoms with van der Waals surface area (Å²) in [4.78, 5) is 12.3. The van der Waals surface area contributed by atoms with Crippen molar-refractivity contribution in [3.05, 3.63) is 59.7 Å². The lowest BCUT2D eigenvalue weighted by atomic mass is 10.1. The van der Waals surface area contributed by atoms with Gasteiger partial charge in [0.25, 0.3) is 10.1 Å². The van der Waals surface area contributed by atoms with E-state index in [1.165, 1.54) is 26.2 Å². The number of hydrogen-bond donors (Lipinski definition) is 0. The molecule has 6 heteroatoms. The fraction of sp³-hybridized carbons (Fsp3) is 0.235. The van der Waals surface area contributed by atoms with Crippen LogP contribution in [-0.2, 0) is 14.3 Å². The minimum absolute atomic E-state index is 0.0254. The molecule has 0 heterocycles. The molecule has 0 amide bonds.